The van der Waals surface area contributed by atoms with Crippen molar-refractivity contribution in [2.45, 2.75) is 10.1 Å². The van der Waals surface area contributed by atoms with Crippen molar-refractivity contribution >= 4 is 50.4 Å². The topological polar surface area (TPSA) is 98.5 Å². The number of benzene rings is 1. The minimum absolute atomic E-state index is 0.106. The Labute approximate surface area is 171 Å². The molecule has 0 unspecified atom stereocenters. The van der Waals surface area contributed by atoms with Gasteiger partial charge in [0.1, 0.15) is 5.75 Å². The fourth-order valence-corrected chi connectivity index (χ4v) is 4.64. The number of nitrogens with zero attached hydrogens (tertiary/aromatic N) is 4. The quantitative estimate of drug-likeness (QED) is 0.355. The van der Waals surface area contributed by atoms with E-state index in [-0.39, 0.29) is 18.1 Å². The number of para-hydroxylation sites is 1. The molecule has 11 heteroatoms. The van der Waals surface area contributed by atoms with Gasteiger partial charge in [0.25, 0.3) is 11.5 Å². The molecule has 0 bridgehead atoms. The van der Waals surface area contributed by atoms with E-state index in [4.69, 9.17) is 4.74 Å². The van der Waals surface area contributed by atoms with Crippen LogP contribution in [0.4, 0.5) is 5.13 Å². The second-order valence-electron chi connectivity index (χ2n) is 5.45. The second kappa shape index (κ2) is 8.50. The summed E-state index contributed by atoms with van der Waals surface area (Å²) in [7, 11) is 0. The molecule has 0 spiro atoms. The minimum atomic E-state index is -0.311. The van der Waals surface area contributed by atoms with Crippen LogP contribution in [0.15, 0.2) is 57.1 Å². The van der Waals surface area contributed by atoms with Crippen molar-refractivity contribution in [1.29, 1.82) is 0 Å². The maximum Gasteiger partial charge on any atom is 0.264 e. The Morgan fingerprint density at radius 1 is 1.25 bits per heavy atom. The first-order valence-electron chi connectivity index (χ1n) is 8.07. The first-order valence-corrected chi connectivity index (χ1v) is 10.8. The van der Waals surface area contributed by atoms with Gasteiger partial charge in [0.05, 0.1) is 5.69 Å². The minimum Gasteiger partial charge on any atom is -0.484 e. The van der Waals surface area contributed by atoms with Crippen molar-refractivity contribution < 1.29 is 9.53 Å². The van der Waals surface area contributed by atoms with Gasteiger partial charge in [-0.15, -0.1) is 21.5 Å². The lowest BCUT2D eigenvalue weighted by molar-refractivity contribution is -0.118. The van der Waals surface area contributed by atoms with Crippen molar-refractivity contribution in [2.24, 2.45) is 0 Å². The van der Waals surface area contributed by atoms with Crippen LogP contribution in [-0.2, 0) is 10.5 Å². The summed E-state index contributed by atoms with van der Waals surface area (Å²) in [4.78, 5) is 29.1. The summed E-state index contributed by atoms with van der Waals surface area (Å²) >= 11 is 4.07. The summed E-state index contributed by atoms with van der Waals surface area (Å²) in [6.45, 7) is -0.110. The molecule has 8 nitrogen and oxygen atoms in total. The highest BCUT2D eigenvalue weighted by Crippen LogP contribution is 2.27. The van der Waals surface area contributed by atoms with Crippen molar-refractivity contribution in [3.63, 3.8) is 0 Å². The van der Waals surface area contributed by atoms with Gasteiger partial charge in [-0.3, -0.25) is 19.3 Å². The number of ether oxygens (including phenoxy) is 1. The van der Waals surface area contributed by atoms with Gasteiger partial charge < -0.3 is 4.74 Å². The number of fused-ring (bicyclic) bond motifs is 1. The molecule has 0 atom stereocenters. The smallest absolute Gasteiger partial charge is 0.264 e. The van der Waals surface area contributed by atoms with E-state index in [0.29, 0.717) is 31.6 Å². The van der Waals surface area contributed by atoms with E-state index in [1.54, 1.807) is 18.3 Å². The van der Waals surface area contributed by atoms with Crippen LogP contribution in [0.3, 0.4) is 0 Å². The fourth-order valence-electron chi connectivity index (χ4n) is 2.24. The molecule has 0 aliphatic heterocycles. The van der Waals surface area contributed by atoms with Gasteiger partial charge in [-0.2, -0.15) is 0 Å². The zero-order valence-corrected chi connectivity index (χ0v) is 16.7. The van der Waals surface area contributed by atoms with Crippen LogP contribution in [0.2, 0.25) is 0 Å². The lowest BCUT2D eigenvalue weighted by Crippen LogP contribution is -2.20. The maximum absolute atomic E-state index is 12.0. The van der Waals surface area contributed by atoms with Crippen molar-refractivity contribution in [1.82, 2.24) is 19.6 Å². The van der Waals surface area contributed by atoms with E-state index in [1.165, 1.54) is 44.9 Å². The molecule has 1 aromatic carbocycles. The van der Waals surface area contributed by atoms with E-state index in [2.05, 4.69) is 20.5 Å². The summed E-state index contributed by atoms with van der Waals surface area (Å²) in [5.74, 6) is 0.801. The third kappa shape index (κ3) is 4.55. The molecule has 0 aliphatic carbocycles. The van der Waals surface area contributed by atoms with Crippen LogP contribution in [0.25, 0.3) is 4.96 Å². The number of carbonyl (C=O) groups excluding carboxylic acids is 1. The van der Waals surface area contributed by atoms with Crippen LogP contribution >= 0.6 is 34.4 Å². The van der Waals surface area contributed by atoms with Gasteiger partial charge >= 0.3 is 0 Å². The second-order valence-corrected chi connectivity index (χ2v) is 8.53. The Kier molecular flexibility index (Phi) is 5.65. The highest BCUT2D eigenvalue weighted by molar-refractivity contribution is 8.00. The number of anilines is 1. The van der Waals surface area contributed by atoms with Crippen LogP contribution in [0.1, 0.15) is 5.69 Å². The average Bonchev–Trinajstić information content (AvgIpc) is 3.35. The summed E-state index contributed by atoms with van der Waals surface area (Å²) in [6, 6.07) is 10.6. The lowest BCUT2D eigenvalue weighted by atomic mass is 10.3. The van der Waals surface area contributed by atoms with Crippen LogP contribution < -0.4 is 15.6 Å². The lowest BCUT2D eigenvalue weighted by Gasteiger charge is -2.04. The maximum atomic E-state index is 12.0. The number of aromatic nitrogens is 4. The Bertz CT molecular complexity index is 1160. The zero-order valence-electron chi connectivity index (χ0n) is 14.3. The third-order valence-corrected chi connectivity index (χ3v) is 6.23. The van der Waals surface area contributed by atoms with Crippen LogP contribution in [-0.4, -0.2) is 32.1 Å². The molecular weight excluding hydrogens is 418 g/mol. The number of amides is 1. The third-order valence-electron chi connectivity index (χ3n) is 3.47. The molecule has 3 aromatic heterocycles. The fraction of sp³-hybridized carbons (Fsp3) is 0.118. The molecule has 4 aromatic rings. The first kappa shape index (κ1) is 18.6. The molecule has 28 heavy (non-hydrogen) atoms. The van der Waals surface area contributed by atoms with Crippen LogP contribution in [0, 0.1) is 0 Å². The number of hydrogen-bond acceptors (Lipinski definition) is 9. The van der Waals surface area contributed by atoms with Crippen molar-refractivity contribution in [3.8, 4) is 5.75 Å². The molecule has 1 N–H and O–H groups in total. The Balaban J connectivity index is 1.31. The van der Waals surface area contributed by atoms with Crippen molar-refractivity contribution in [3.05, 3.63) is 64.0 Å². The SMILES string of the molecule is O=C(COc1ccccc1)Nc1nnc(SCc2cc(=O)n3ccsc3n2)s1. The average molecular weight is 432 g/mol. The molecule has 0 aliphatic rings. The predicted octanol–water partition coefficient (Wildman–Crippen LogP) is 2.92. The van der Waals surface area contributed by atoms with Gasteiger partial charge in [-0.1, -0.05) is 41.3 Å². The monoisotopic (exact) mass is 431 g/mol. The number of rotatable bonds is 7. The van der Waals surface area contributed by atoms with Gasteiger partial charge in [0.15, 0.2) is 15.9 Å². The molecule has 4 rings (SSSR count). The number of hydrogen-bond donors (Lipinski definition) is 1. The normalized spacial score (nSPS) is 10.9. The van der Waals surface area contributed by atoms with Crippen molar-refractivity contribution in [2.75, 3.05) is 11.9 Å². The molecule has 0 radical (unpaired) electrons. The summed E-state index contributed by atoms with van der Waals surface area (Å²) < 4.78 is 7.57. The molecule has 142 valence electrons. The Morgan fingerprint density at radius 2 is 2.11 bits per heavy atom. The predicted molar refractivity (Wildman–Crippen MR) is 109 cm³/mol. The number of thioether (sulfide) groups is 1. The first-order chi connectivity index (χ1) is 13.7. The van der Waals surface area contributed by atoms with E-state index < -0.39 is 0 Å². The zero-order chi connectivity index (χ0) is 19.3. The number of carbonyl (C=O) groups is 1. The van der Waals surface area contributed by atoms with Gasteiger partial charge in [-0.05, 0) is 12.1 Å². The molecular formula is C17H13N5O3S3. The van der Waals surface area contributed by atoms with E-state index in [1.807, 2.05) is 23.6 Å². The van der Waals surface area contributed by atoms with E-state index in [9.17, 15) is 9.59 Å². The van der Waals surface area contributed by atoms with Gasteiger partial charge in [-0.25, -0.2) is 4.98 Å². The Hall–Kier alpha value is -2.76. The highest BCUT2D eigenvalue weighted by atomic mass is 32.2. The van der Waals surface area contributed by atoms with Gasteiger partial charge in [0, 0.05) is 23.4 Å². The molecule has 0 saturated carbocycles. The molecule has 0 fully saturated rings. The largest absolute Gasteiger partial charge is 0.484 e. The highest BCUT2D eigenvalue weighted by Gasteiger charge is 2.11. The standard InChI is InChI=1S/C17H13N5O3S3/c23-13(9-25-12-4-2-1-3-5-12)19-15-20-21-17(28-15)27-10-11-8-14(24)22-6-7-26-16(22)18-11/h1-8H,9-10H2,(H,19,20,23). The van der Waals surface area contributed by atoms with E-state index in [0.717, 1.165) is 0 Å². The molecule has 1 amide bonds. The van der Waals surface area contributed by atoms with Crippen LogP contribution in [0.5, 0.6) is 5.75 Å². The molecule has 3 heterocycles. The number of nitrogens with one attached hydrogen (secondary N) is 1. The molecule has 0 saturated heterocycles. The van der Waals surface area contributed by atoms with E-state index >= 15 is 0 Å². The van der Waals surface area contributed by atoms with Gasteiger partial charge in [0.2, 0.25) is 5.13 Å². The summed E-state index contributed by atoms with van der Waals surface area (Å²) in [5.41, 5.74) is 0.569. The number of thiazole rings is 1. The summed E-state index contributed by atoms with van der Waals surface area (Å²) in [5, 5.41) is 12.9. The Morgan fingerprint density at radius 3 is 2.96 bits per heavy atom. The summed E-state index contributed by atoms with van der Waals surface area (Å²) in [6.07, 6.45) is 1.70.